The lowest BCUT2D eigenvalue weighted by atomic mass is 10.4. The van der Waals surface area contributed by atoms with Crippen molar-refractivity contribution in [1.82, 2.24) is 0 Å². The lowest BCUT2D eigenvalue weighted by Gasteiger charge is -2.13. The molecule has 2 aromatic rings. The first-order valence-corrected chi connectivity index (χ1v) is 12.5. The van der Waals surface area contributed by atoms with Crippen LogP contribution in [0.25, 0.3) is 0 Å². The summed E-state index contributed by atoms with van der Waals surface area (Å²) in [4.78, 5) is -0.00381. The predicted molar refractivity (Wildman–Crippen MR) is 130 cm³/mol. The fraction of sp³-hybridized carbons (Fsp3) is 0.250. The van der Waals surface area contributed by atoms with Crippen LogP contribution in [-0.2, 0) is 28.6 Å². The van der Waals surface area contributed by atoms with Gasteiger partial charge in [0.05, 0.1) is 22.5 Å². The van der Waals surface area contributed by atoms with Crippen molar-refractivity contribution in [2.24, 2.45) is 0 Å². The van der Waals surface area contributed by atoms with Crippen LogP contribution < -0.4 is 0 Å². The number of hydrogen-bond donors (Lipinski definition) is 0. The standard InChI is InChI=1S/C15H16O6S2.3C3H6/c1-13(21-23(18,19)15-10-6-3-7-11-15)12-20-22(16,17)14-8-4-2-5-9-14;3*1-3-2/h2-11,13H,12H2,1H3;3*3H,1H2,2H3. The zero-order chi connectivity index (χ0) is 25.0. The maximum Gasteiger partial charge on any atom is 0.297 e. The molecule has 0 saturated carbocycles. The highest BCUT2D eigenvalue weighted by atomic mass is 32.2. The fourth-order valence-electron chi connectivity index (χ4n) is 1.73. The van der Waals surface area contributed by atoms with E-state index in [0.717, 1.165) is 0 Å². The van der Waals surface area contributed by atoms with Crippen LogP contribution in [0.15, 0.2) is 70.5 Å². The highest BCUT2D eigenvalue weighted by molar-refractivity contribution is 7.87. The Kier molecular flexibility index (Phi) is 19.1. The molecule has 0 aliphatic carbocycles. The lowest BCUT2D eigenvalue weighted by Crippen LogP contribution is -2.22. The van der Waals surface area contributed by atoms with E-state index < -0.39 is 32.9 Å². The van der Waals surface area contributed by atoms with Crippen molar-refractivity contribution in [2.75, 3.05) is 6.61 Å². The molecule has 6 radical (unpaired) electrons. The third-order valence-corrected chi connectivity index (χ3v) is 5.54. The molecular weight excluding hydrogens is 448 g/mol. The summed E-state index contributed by atoms with van der Waals surface area (Å²) >= 11 is 0. The summed E-state index contributed by atoms with van der Waals surface area (Å²) in [7, 11) is -7.92. The minimum atomic E-state index is -3.97. The van der Waals surface area contributed by atoms with Crippen LogP contribution >= 0.6 is 0 Å². The normalized spacial score (nSPS) is 11.5. The third-order valence-electron chi connectivity index (χ3n) is 2.81. The van der Waals surface area contributed by atoms with Crippen molar-refractivity contribution in [1.29, 1.82) is 0 Å². The first-order chi connectivity index (χ1) is 15.1. The van der Waals surface area contributed by atoms with Gasteiger partial charge in [0.25, 0.3) is 20.2 Å². The van der Waals surface area contributed by atoms with Crippen LogP contribution in [0.1, 0.15) is 27.7 Å². The van der Waals surface area contributed by atoms with Crippen LogP contribution in [-0.4, -0.2) is 29.5 Å². The second kappa shape index (κ2) is 18.8. The van der Waals surface area contributed by atoms with Crippen molar-refractivity contribution in [2.45, 2.75) is 43.6 Å². The largest absolute Gasteiger partial charge is 0.297 e. The van der Waals surface area contributed by atoms with E-state index in [-0.39, 0.29) is 9.79 Å². The van der Waals surface area contributed by atoms with Crippen LogP contribution in [0.2, 0.25) is 0 Å². The molecule has 32 heavy (non-hydrogen) atoms. The Morgan fingerprint density at radius 2 is 1.03 bits per heavy atom. The zero-order valence-corrected chi connectivity index (χ0v) is 20.8. The van der Waals surface area contributed by atoms with Crippen molar-refractivity contribution < 1.29 is 25.2 Å². The molecule has 6 nitrogen and oxygen atoms in total. The van der Waals surface area contributed by atoms with Gasteiger partial charge in [0.15, 0.2) is 0 Å². The molecule has 0 bridgehead atoms. The highest BCUT2D eigenvalue weighted by Crippen LogP contribution is 2.16. The summed E-state index contributed by atoms with van der Waals surface area (Å²) < 4.78 is 57.7. The molecule has 0 aliphatic rings. The summed E-state index contributed by atoms with van der Waals surface area (Å²) in [5.74, 6) is 0. The molecule has 0 saturated heterocycles. The Hall–Kier alpha value is -1.74. The summed E-state index contributed by atoms with van der Waals surface area (Å²) in [5.41, 5.74) is 0. The molecule has 0 amide bonds. The average Bonchev–Trinajstić information content (AvgIpc) is 2.75. The van der Waals surface area contributed by atoms with Crippen molar-refractivity contribution in [3.63, 3.8) is 0 Å². The van der Waals surface area contributed by atoms with Crippen molar-refractivity contribution >= 4 is 20.2 Å². The molecule has 2 rings (SSSR count). The van der Waals surface area contributed by atoms with Gasteiger partial charge in [0, 0.05) is 0 Å². The van der Waals surface area contributed by atoms with Gasteiger partial charge in [-0.2, -0.15) is 16.8 Å². The van der Waals surface area contributed by atoms with E-state index >= 15 is 0 Å². The number of rotatable bonds is 7. The van der Waals surface area contributed by atoms with Crippen molar-refractivity contribution in [3.05, 3.63) is 101 Å². The van der Waals surface area contributed by atoms with E-state index in [0.29, 0.717) is 0 Å². The summed E-state index contributed by atoms with van der Waals surface area (Å²) in [6.07, 6.45) is 4.29. The summed E-state index contributed by atoms with van der Waals surface area (Å²) in [6, 6.07) is 15.2. The molecule has 0 N–H and O–H groups in total. The van der Waals surface area contributed by atoms with Gasteiger partial charge in [0.1, 0.15) is 0 Å². The topological polar surface area (TPSA) is 86.7 Å². The van der Waals surface area contributed by atoms with E-state index in [9.17, 15) is 16.8 Å². The van der Waals surface area contributed by atoms with Gasteiger partial charge in [0.2, 0.25) is 0 Å². The van der Waals surface area contributed by atoms with E-state index in [4.69, 9.17) is 8.37 Å². The summed E-state index contributed by atoms with van der Waals surface area (Å²) in [5, 5.41) is 0. The van der Waals surface area contributed by atoms with Gasteiger partial charge in [-0.15, -0.1) is 0 Å². The minimum Gasteiger partial charge on any atom is -0.264 e. The highest BCUT2D eigenvalue weighted by Gasteiger charge is 2.22. The van der Waals surface area contributed by atoms with Gasteiger partial charge in [-0.25, -0.2) is 0 Å². The SMILES string of the molecule is CC(COS(=O)(=O)c1ccccc1)OS(=O)(=O)c1ccccc1.[CH2][CH]C.[CH2][CH]C.[CH2][CH]C. The number of hydrogen-bond acceptors (Lipinski definition) is 6. The van der Waals surface area contributed by atoms with Crippen molar-refractivity contribution in [3.8, 4) is 0 Å². The quantitative estimate of drug-likeness (QED) is 0.497. The molecule has 0 aromatic heterocycles. The smallest absolute Gasteiger partial charge is 0.264 e. The van der Waals surface area contributed by atoms with Crippen LogP contribution in [0.3, 0.4) is 0 Å². The molecule has 178 valence electrons. The van der Waals surface area contributed by atoms with Gasteiger partial charge in [-0.05, 0) is 50.5 Å². The Morgan fingerprint density at radius 1 is 0.719 bits per heavy atom. The predicted octanol–water partition coefficient (Wildman–Crippen LogP) is 5.32. The number of benzene rings is 2. The lowest BCUT2D eigenvalue weighted by molar-refractivity contribution is 0.152. The van der Waals surface area contributed by atoms with E-state index in [2.05, 4.69) is 20.8 Å². The molecule has 1 atom stereocenters. The first-order valence-electron chi connectivity index (χ1n) is 9.70. The molecule has 8 heteroatoms. The fourth-order valence-corrected chi connectivity index (χ4v) is 3.81. The molecule has 0 fully saturated rings. The Balaban J connectivity index is 0. The second-order valence-corrected chi connectivity index (χ2v) is 9.14. The van der Waals surface area contributed by atoms with E-state index in [1.54, 1.807) is 55.7 Å². The molecule has 1 unspecified atom stereocenters. The van der Waals surface area contributed by atoms with Crippen LogP contribution in [0.5, 0.6) is 0 Å². The van der Waals surface area contributed by atoms with Crippen LogP contribution in [0, 0.1) is 40.0 Å². The maximum absolute atomic E-state index is 12.0. The zero-order valence-electron chi connectivity index (χ0n) is 19.2. The third kappa shape index (κ3) is 15.1. The minimum absolute atomic E-state index is 0.00174. The molecule has 0 heterocycles. The molecule has 0 spiro atoms. The average molecular weight is 483 g/mol. The Morgan fingerprint density at radius 3 is 1.38 bits per heavy atom. The van der Waals surface area contributed by atoms with Gasteiger partial charge in [-0.3, -0.25) is 8.37 Å². The Labute approximate surface area is 196 Å². The first kappa shape index (κ1) is 32.4. The molecular formula is C24H34O6S2. The summed E-state index contributed by atoms with van der Waals surface area (Å²) in [6.45, 7) is 16.8. The van der Waals surface area contributed by atoms with Gasteiger partial charge in [-0.1, -0.05) is 77.9 Å². The Bertz CT molecular complexity index is 876. The molecule has 2 aromatic carbocycles. The van der Waals surface area contributed by atoms with Crippen LogP contribution in [0.4, 0.5) is 0 Å². The molecule has 0 aliphatic heterocycles. The van der Waals surface area contributed by atoms with Gasteiger partial charge < -0.3 is 0 Å². The van der Waals surface area contributed by atoms with E-state index in [1.165, 1.54) is 31.2 Å². The van der Waals surface area contributed by atoms with E-state index in [1.807, 2.05) is 20.8 Å². The maximum atomic E-state index is 12.0. The monoisotopic (exact) mass is 482 g/mol. The van der Waals surface area contributed by atoms with Gasteiger partial charge >= 0.3 is 0 Å². The second-order valence-electron chi connectivity index (χ2n) is 5.95.